The average molecular weight is 541 g/mol. The van der Waals surface area contributed by atoms with Gasteiger partial charge in [0, 0.05) is 10.1 Å². The second kappa shape index (κ2) is 11.5. The van der Waals surface area contributed by atoms with Crippen LogP contribution in [0.3, 0.4) is 0 Å². The molecule has 2 N–H and O–H groups in total. The third-order valence-corrected chi connectivity index (χ3v) is 9.00. The fourth-order valence-electron chi connectivity index (χ4n) is 4.25. The molecule has 194 valence electrons. The van der Waals surface area contributed by atoms with Crippen LogP contribution in [0.15, 0.2) is 59.6 Å². The molecule has 1 heterocycles. The molecule has 2 unspecified atom stereocenters. The molecular weight excluding hydrogens is 512 g/mol. The van der Waals surface area contributed by atoms with E-state index in [-0.39, 0.29) is 22.8 Å². The number of carbonyl (C=O) groups excluding carboxylic acids is 1. The number of nitrogens with one attached hydrogen (secondary N) is 1. The molecular formula is C27H28N2O6S2. The van der Waals surface area contributed by atoms with Gasteiger partial charge in [-0.1, -0.05) is 42.7 Å². The van der Waals surface area contributed by atoms with Crippen molar-refractivity contribution in [2.45, 2.75) is 67.3 Å². The fourth-order valence-corrected chi connectivity index (χ4v) is 6.30. The van der Waals surface area contributed by atoms with Crippen LogP contribution in [0, 0.1) is 0 Å². The summed E-state index contributed by atoms with van der Waals surface area (Å²) in [5.74, 6) is -0.868. The van der Waals surface area contributed by atoms with E-state index in [1.54, 1.807) is 12.1 Å². The maximum atomic E-state index is 13.4. The summed E-state index contributed by atoms with van der Waals surface area (Å²) in [5.41, 5.74) is 0.881. The summed E-state index contributed by atoms with van der Waals surface area (Å²) in [6, 6.07) is 13.4. The molecule has 0 spiro atoms. The van der Waals surface area contributed by atoms with Gasteiger partial charge in [-0.25, -0.2) is 9.78 Å². The molecule has 2 atom stereocenters. The van der Waals surface area contributed by atoms with Crippen molar-refractivity contribution in [2.75, 3.05) is 5.32 Å². The number of rotatable bonds is 10. The van der Waals surface area contributed by atoms with Crippen LogP contribution < -0.4 is 10.1 Å². The molecule has 8 nitrogen and oxygen atoms in total. The second-order valence-electron chi connectivity index (χ2n) is 9.25. The summed E-state index contributed by atoms with van der Waals surface area (Å²) in [4.78, 5) is 29.4. The minimum Gasteiger partial charge on any atom is -0.478 e. The highest BCUT2D eigenvalue weighted by atomic mass is 32.2. The first-order valence-electron chi connectivity index (χ1n) is 12.4. The van der Waals surface area contributed by atoms with Crippen molar-refractivity contribution >= 4 is 39.1 Å². The zero-order valence-corrected chi connectivity index (χ0v) is 21.8. The highest BCUT2D eigenvalue weighted by molar-refractivity contribution is 7.86. The van der Waals surface area contributed by atoms with Gasteiger partial charge >= 0.3 is 5.97 Å². The Hall–Kier alpha value is -3.08. The first-order chi connectivity index (χ1) is 18.0. The van der Waals surface area contributed by atoms with Crippen LogP contribution in [0.1, 0.15) is 67.0 Å². The van der Waals surface area contributed by atoms with Crippen molar-refractivity contribution in [3.63, 3.8) is 0 Å². The summed E-state index contributed by atoms with van der Waals surface area (Å²) in [5, 5.41) is 13.0. The lowest BCUT2D eigenvalue weighted by Gasteiger charge is -2.27. The number of carboxylic acid groups (broad SMARTS) is 1. The number of aromatic nitrogens is 1. The normalized spacial score (nSPS) is 17.6. The Kier molecular flexibility index (Phi) is 7.97. The summed E-state index contributed by atoms with van der Waals surface area (Å²) < 4.78 is 24.6. The SMILES string of the molecule is O=C(O)c1ccc(Oc2cnc(NC(=O)C(OC3CCCCC3)c3ccc(S(=O)C4CC4)cc3)s2)cc1. The van der Waals surface area contributed by atoms with Crippen molar-refractivity contribution in [2.24, 2.45) is 0 Å². The third kappa shape index (κ3) is 6.63. The minimum atomic E-state index is -1.01. The zero-order valence-electron chi connectivity index (χ0n) is 20.1. The maximum Gasteiger partial charge on any atom is 0.335 e. The van der Waals surface area contributed by atoms with Gasteiger partial charge in [0.05, 0.1) is 28.7 Å². The number of anilines is 1. The van der Waals surface area contributed by atoms with E-state index >= 15 is 0 Å². The number of carbonyl (C=O) groups is 2. The molecule has 2 aliphatic carbocycles. The van der Waals surface area contributed by atoms with Crippen LogP contribution in [-0.4, -0.2) is 37.5 Å². The van der Waals surface area contributed by atoms with E-state index in [2.05, 4.69) is 10.3 Å². The van der Waals surface area contributed by atoms with Crippen LogP contribution >= 0.6 is 11.3 Å². The Morgan fingerprint density at radius 2 is 1.70 bits per heavy atom. The fraction of sp³-hybridized carbons (Fsp3) is 0.370. The maximum absolute atomic E-state index is 13.4. The molecule has 0 radical (unpaired) electrons. The summed E-state index contributed by atoms with van der Waals surface area (Å²) in [6.45, 7) is 0. The molecule has 3 aromatic rings. The molecule has 2 fully saturated rings. The lowest BCUT2D eigenvalue weighted by Crippen LogP contribution is -2.28. The minimum absolute atomic E-state index is 0.00809. The predicted molar refractivity (Wildman–Crippen MR) is 141 cm³/mol. The average Bonchev–Trinajstić information content (AvgIpc) is 3.68. The lowest BCUT2D eigenvalue weighted by atomic mass is 9.97. The molecule has 5 rings (SSSR count). The number of thiazole rings is 1. The number of carboxylic acids is 1. The molecule has 2 aliphatic rings. The predicted octanol–water partition coefficient (Wildman–Crippen LogP) is 5.93. The zero-order chi connectivity index (χ0) is 25.8. The molecule has 37 heavy (non-hydrogen) atoms. The number of amides is 1. The van der Waals surface area contributed by atoms with Crippen molar-refractivity contribution in [3.8, 4) is 10.8 Å². The molecule has 0 aliphatic heterocycles. The van der Waals surface area contributed by atoms with Gasteiger partial charge < -0.3 is 14.6 Å². The Labute approximate surface area is 221 Å². The van der Waals surface area contributed by atoms with Crippen molar-refractivity contribution in [1.82, 2.24) is 4.98 Å². The molecule has 0 bridgehead atoms. The van der Waals surface area contributed by atoms with Crippen LogP contribution in [0.5, 0.6) is 10.8 Å². The van der Waals surface area contributed by atoms with Gasteiger partial charge in [-0.2, -0.15) is 0 Å². The Morgan fingerprint density at radius 3 is 2.35 bits per heavy atom. The highest BCUT2D eigenvalue weighted by Gasteiger charge is 2.31. The summed E-state index contributed by atoms with van der Waals surface area (Å²) in [7, 11) is -1.00. The van der Waals surface area contributed by atoms with Gasteiger partial charge in [0.25, 0.3) is 5.91 Å². The van der Waals surface area contributed by atoms with Crippen molar-refractivity contribution in [3.05, 3.63) is 65.9 Å². The largest absolute Gasteiger partial charge is 0.478 e. The van der Waals surface area contributed by atoms with E-state index in [1.165, 1.54) is 24.8 Å². The quantitative estimate of drug-likeness (QED) is 0.327. The lowest BCUT2D eigenvalue weighted by molar-refractivity contribution is -0.133. The van der Waals surface area contributed by atoms with E-state index in [0.29, 0.717) is 21.5 Å². The molecule has 1 aromatic heterocycles. The van der Waals surface area contributed by atoms with Gasteiger partial charge in [-0.15, -0.1) is 0 Å². The number of ether oxygens (including phenoxy) is 2. The van der Waals surface area contributed by atoms with Gasteiger partial charge in [-0.05, 0) is 67.6 Å². The number of aromatic carboxylic acids is 1. The first-order valence-corrected chi connectivity index (χ1v) is 14.4. The first kappa shape index (κ1) is 25.6. The third-order valence-electron chi connectivity index (χ3n) is 6.40. The van der Waals surface area contributed by atoms with E-state index < -0.39 is 22.9 Å². The van der Waals surface area contributed by atoms with Crippen molar-refractivity contribution < 1.29 is 28.4 Å². The Bertz CT molecular complexity index is 1260. The number of hydrogen-bond donors (Lipinski definition) is 2. The monoisotopic (exact) mass is 540 g/mol. The van der Waals surface area contributed by atoms with E-state index in [4.69, 9.17) is 14.6 Å². The van der Waals surface area contributed by atoms with Crippen LogP contribution in [0.2, 0.25) is 0 Å². The van der Waals surface area contributed by atoms with E-state index in [1.807, 2.05) is 24.3 Å². The van der Waals surface area contributed by atoms with Crippen molar-refractivity contribution in [1.29, 1.82) is 0 Å². The molecule has 10 heteroatoms. The standard InChI is InChI=1S/C27H28N2O6S2/c30-25(29-27-28-16-23(36-27)34-20-10-6-18(7-11-20)26(31)32)24(35-19-4-2-1-3-5-19)17-8-12-21(13-9-17)37(33)22-14-15-22/h6-13,16,19,22,24H,1-5,14-15H2,(H,31,32)(H,28,29,30). The summed E-state index contributed by atoms with van der Waals surface area (Å²) >= 11 is 1.16. The number of hydrogen-bond acceptors (Lipinski definition) is 7. The smallest absolute Gasteiger partial charge is 0.335 e. The number of nitrogens with zero attached hydrogens (tertiary/aromatic N) is 1. The molecule has 2 aromatic carbocycles. The van der Waals surface area contributed by atoms with Gasteiger partial charge in [0.2, 0.25) is 5.06 Å². The van der Waals surface area contributed by atoms with Gasteiger partial charge in [-0.3, -0.25) is 14.3 Å². The van der Waals surface area contributed by atoms with Crippen LogP contribution in [0.4, 0.5) is 5.13 Å². The van der Waals surface area contributed by atoms with Gasteiger partial charge in [0.15, 0.2) is 11.2 Å². The molecule has 2 saturated carbocycles. The van der Waals surface area contributed by atoms with Gasteiger partial charge in [0.1, 0.15) is 5.75 Å². The topological polar surface area (TPSA) is 115 Å². The van der Waals surface area contributed by atoms with Crippen LogP contribution in [0.25, 0.3) is 0 Å². The van der Waals surface area contributed by atoms with Crippen LogP contribution in [-0.2, 0) is 20.3 Å². The highest BCUT2D eigenvalue weighted by Crippen LogP contribution is 2.34. The summed E-state index contributed by atoms with van der Waals surface area (Å²) in [6.07, 6.45) is 7.88. The number of benzene rings is 2. The molecule has 1 amide bonds. The van der Waals surface area contributed by atoms with E-state index in [0.717, 1.165) is 54.8 Å². The Morgan fingerprint density at radius 1 is 1.00 bits per heavy atom. The van der Waals surface area contributed by atoms with E-state index in [9.17, 15) is 13.8 Å². The second-order valence-corrected chi connectivity index (χ2v) is 12.0. The Balaban J connectivity index is 1.28. The molecule has 0 saturated heterocycles.